The first-order valence-corrected chi connectivity index (χ1v) is 7.49. The summed E-state index contributed by atoms with van der Waals surface area (Å²) in [6, 6.07) is 4.54. The van der Waals surface area contributed by atoms with E-state index in [1.54, 1.807) is 0 Å². The Morgan fingerprint density at radius 1 is 1.25 bits per heavy atom. The van der Waals surface area contributed by atoms with Crippen LogP contribution in [0, 0.1) is 0 Å². The average molecular weight is 278 g/mol. The molecule has 0 radical (unpaired) electrons. The van der Waals surface area contributed by atoms with Crippen molar-refractivity contribution < 1.29 is 5.11 Å². The lowest BCUT2D eigenvalue weighted by molar-refractivity contribution is 0.0733. The molecule has 2 heterocycles. The minimum absolute atomic E-state index is 0.141. The number of aliphatic hydroxyl groups excluding tert-OH is 1. The number of β-amino-alcohol motifs (C(OH)–C–C–N with tert-alkyl or cyclic N) is 1. The maximum atomic E-state index is 9.02. The highest BCUT2D eigenvalue weighted by Gasteiger charge is 2.28. The summed E-state index contributed by atoms with van der Waals surface area (Å²) in [4.78, 5) is 8.87. The third-order valence-electron chi connectivity index (χ3n) is 4.14. The number of hydrogen-bond donors (Lipinski definition) is 2. The van der Waals surface area contributed by atoms with Gasteiger partial charge < -0.3 is 10.8 Å². The number of pyridine rings is 1. The quantitative estimate of drug-likeness (QED) is 0.792. The van der Waals surface area contributed by atoms with Crippen LogP contribution in [0.4, 0.5) is 0 Å². The lowest BCUT2D eigenvalue weighted by atomic mass is 9.96. The Labute approximate surface area is 121 Å². The van der Waals surface area contributed by atoms with Crippen molar-refractivity contribution in [2.75, 3.05) is 39.3 Å². The van der Waals surface area contributed by atoms with Crippen LogP contribution in [0.25, 0.3) is 0 Å². The second-order valence-corrected chi connectivity index (χ2v) is 5.40. The fourth-order valence-corrected chi connectivity index (χ4v) is 2.92. The van der Waals surface area contributed by atoms with Crippen LogP contribution >= 0.6 is 0 Å². The highest BCUT2D eigenvalue weighted by atomic mass is 16.3. The first kappa shape index (κ1) is 15.4. The van der Waals surface area contributed by atoms with Gasteiger partial charge in [-0.15, -0.1) is 0 Å². The number of hydrogen-bond acceptors (Lipinski definition) is 5. The topological polar surface area (TPSA) is 65.6 Å². The third kappa shape index (κ3) is 3.76. The van der Waals surface area contributed by atoms with Crippen molar-refractivity contribution in [1.29, 1.82) is 0 Å². The van der Waals surface area contributed by atoms with Crippen LogP contribution in [-0.4, -0.2) is 65.3 Å². The summed E-state index contributed by atoms with van der Waals surface area (Å²) in [5, 5.41) is 9.02. The molecule has 1 saturated heterocycles. The predicted octanol–water partition coefficient (Wildman–Crippen LogP) is 0.470. The smallest absolute Gasteiger partial charge is 0.0558 e. The molecule has 0 aromatic carbocycles. The lowest BCUT2D eigenvalue weighted by Crippen LogP contribution is -2.51. The molecule has 2 atom stereocenters. The number of nitrogens with zero attached hydrogens (tertiary/aromatic N) is 3. The number of nitrogens with two attached hydrogens (primary N) is 1. The Hall–Kier alpha value is -1.01. The molecule has 0 bridgehead atoms. The van der Waals surface area contributed by atoms with Crippen LogP contribution < -0.4 is 5.73 Å². The molecule has 1 fully saturated rings. The van der Waals surface area contributed by atoms with E-state index in [1.807, 2.05) is 12.4 Å². The van der Waals surface area contributed by atoms with E-state index in [-0.39, 0.29) is 18.7 Å². The molecule has 0 spiro atoms. The van der Waals surface area contributed by atoms with Gasteiger partial charge in [0.2, 0.25) is 0 Å². The average Bonchev–Trinajstić information content (AvgIpc) is 2.50. The molecule has 0 amide bonds. The van der Waals surface area contributed by atoms with Crippen molar-refractivity contribution in [1.82, 2.24) is 14.8 Å². The molecule has 0 saturated carbocycles. The Balaban J connectivity index is 2.05. The van der Waals surface area contributed by atoms with Crippen molar-refractivity contribution in [3.8, 4) is 0 Å². The van der Waals surface area contributed by atoms with Gasteiger partial charge in [0, 0.05) is 51.2 Å². The van der Waals surface area contributed by atoms with E-state index < -0.39 is 0 Å². The summed E-state index contributed by atoms with van der Waals surface area (Å²) in [7, 11) is 0. The van der Waals surface area contributed by atoms with Crippen LogP contribution in [0.3, 0.4) is 0 Å². The minimum atomic E-state index is 0.141. The van der Waals surface area contributed by atoms with E-state index >= 15 is 0 Å². The molecular formula is C15H26N4O. The second kappa shape index (κ2) is 7.69. The Kier molecular flexibility index (Phi) is 5.91. The standard InChI is InChI=1S/C15H26N4O/c1-2-14(16)15(13-3-5-17-6-4-13)19-9-7-18(8-10-19)11-12-20/h3-6,14-15,20H,2,7-12,16H2,1H3. The van der Waals surface area contributed by atoms with Crippen LogP contribution in [0.5, 0.6) is 0 Å². The lowest BCUT2D eigenvalue weighted by Gasteiger charge is -2.41. The van der Waals surface area contributed by atoms with E-state index in [4.69, 9.17) is 10.8 Å². The van der Waals surface area contributed by atoms with Crippen molar-refractivity contribution in [2.45, 2.75) is 25.4 Å². The van der Waals surface area contributed by atoms with Crippen LogP contribution in [0.2, 0.25) is 0 Å². The van der Waals surface area contributed by atoms with Gasteiger partial charge >= 0.3 is 0 Å². The number of aliphatic hydroxyl groups is 1. The summed E-state index contributed by atoms with van der Waals surface area (Å²) in [5.74, 6) is 0. The molecule has 0 aliphatic carbocycles. The van der Waals surface area contributed by atoms with Crippen molar-refractivity contribution in [3.05, 3.63) is 30.1 Å². The molecule has 1 aromatic rings. The largest absolute Gasteiger partial charge is 0.395 e. The summed E-state index contributed by atoms with van der Waals surface area (Å²) in [6.45, 7) is 7.15. The van der Waals surface area contributed by atoms with Gasteiger partial charge in [-0.1, -0.05) is 6.92 Å². The SMILES string of the molecule is CCC(N)C(c1ccncc1)N1CCN(CCO)CC1. The Morgan fingerprint density at radius 2 is 1.90 bits per heavy atom. The van der Waals surface area contributed by atoms with Gasteiger partial charge in [0.1, 0.15) is 0 Å². The summed E-state index contributed by atoms with van der Waals surface area (Å²) < 4.78 is 0. The maximum absolute atomic E-state index is 9.02. The zero-order chi connectivity index (χ0) is 14.4. The highest BCUT2D eigenvalue weighted by molar-refractivity contribution is 5.17. The van der Waals surface area contributed by atoms with Crippen LogP contribution in [-0.2, 0) is 0 Å². The molecule has 1 aliphatic rings. The molecule has 3 N–H and O–H groups in total. The van der Waals surface area contributed by atoms with E-state index in [2.05, 4.69) is 33.8 Å². The zero-order valence-corrected chi connectivity index (χ0v) is 12.3. The third-order valence-corrected chi connectivity index (χ3v) is 4.14. The molecule has 5 nitrogen and oxygen atoms in total. The molecule has 2 unspecified atom stereocenters. The summed E-state index contributed by atoms with van der Waals surface area (Å²) in [5.41, 5.74) is 7.61. The number of piperazine rings is 1. The Bertz CT molecular complexity index is 379. The molecule has 2 rings (SSSR count). The van der Waals surface area contributed by atoms with E-state index in [1.165, 1.54) is 5.56 Å². The van der Waals surface area contributed by atoms with Gasteiger partial charge in [-0.2, -0.15) is 0 Å². The van der Waals surface area contributed by atoms with Crippen LogP contribution in [0.1, 0.15) is 24.9 Å². The Morgan fingerprint density at radius 3 is 2.45 bits per heavy atom. The van der Waals surface area contributed by atoms with Gasteiger partial charge in [0.05, 0.1) is 12.6 Å². The fraction of sp³-hybridized carbons (Fsp3) is 0.667. The first-order valence-electron chi connectivity index (χ1n) is 7.49. The van der Waals surface area contributed by atoms with Gasteiger partial charge in [0.25, 0.3) is 0 Å². The molecule has 5 heteroatoms. The van der Waals surface area contributed by atoms with Gasteiger partial charge in [0.15, 0.2) is 0 Å². The monoisotopic (exact) mass is 278 g/mol. The maximum Gasteiger partial charge on any atom is 0.0558 e. The van der Waals surface area contributed by atoms with E-state index in [0.717, 1.165) is 39.1 Å². The van der Waals surface area contributed by atoms with E-state index in [9.17, 15) is 0 Å². The van der Waals surface area contributed by atoms with Crippen molar-refractivity contribution in [3.63, 3.8) is 0 Å². The highest BCUT2D eigenvalue weighted by Crippen LogP contribution is 2.25. The number of aromatic nitrogens is 1. The van der Waals surface area contributed by atoms with Gasteiger partial charge in [-0.05, 0) is 24.1 Å². The first-order chi connectivity index (χ1) is 9.76. The molecule has 1 aromatic heterocycles. The van der Waals surface area contributed by atoms with Crippen molar-refractivity contribution >= 4 is 0 Å². The van der Waals surface area contributed by atoms with Gasteiger partial charge in [-0.25, -0.2) is 0 Å². The molecule has 112 valence electrons. The van der Waals surface area contributed by atoms with E-state index in [0.29, 0.717) is 0 Å². The molecule has 20 heavy (non-hydrogen) atoms. The second-order valence-electron chi connectivity index (χ2n) is 5.40. The van der Waals surface area contributed by atoms with Crippen molar-refractivity contribution in [2.24, 2.45) is 5.73 Å². The number of rotatable bonds is 6. The normalized spacial score (nSPS) is 20.8. The molecule has 1 aliphatic heterocycles. The fourth-order valence-electron chi connectivity index (χ4n) is 2.92. The predicted molar refractivity (Wildman–Crippen MR) is 80.3 cm³/mol. The summed E-state index contributed by atoms with van der Waals surface area (Å²) >= 11 is 0. The zero-order valence-electron chi connectivity index (χ0n) is 12.3. The molecular weight excluding hydrogens is 252 g/mol. The summed E-state index contributed by atoms with van der Waals surface area (Å²) in [6.07, 6.45) is 4.64. The van der Waals surface area contributed by atoms with Crippen LogP contribution in [0.15, 0.2) is 24.5 Å². The van der Waals surface area contributed by atoms with Gasteiger partial charge in [-0.3, -0.25) is 14.8 Å². The minimum Gasteiger partial charge on any atom is -0.395 e.